The number of nitrogens with one attached hydrogen (secondary N) is 1. The normalized spacial score (nSPS) is 13.3. The molecule has 0 aliphatic carbocycles. The molecule has 1 atom stereocenters. The highest BCUT2D eigenvalue weighted by molar-refractivity contribution is 5.31. The molecule has 0 saturated carbocycles. The second kappa shape index (κ2) is 4.46. The summed E-state index contributed by atoms with van der Waals surface area (Å²) in [6, 6.07) is 10.6. The van der Waals surface area contributed by atoms with E-state index < -0.39 is 5.41 Å². The average Bonchev–Trinajstić information content (AvgIpc) is 2.21. The molecule has 0 spiro atoms. The van der Waals surface area contributed by atoms with Crippen LogP contribution in [0.5, 0.6) is 0 Å². The standard InChI is InChI=1S/C13H18N2/c1-10-7-5-6-8-11(10)12(15-4)13(2,3)9-14/h5-8,12,15H,1-4H3. The lowest BCUT2D eigenvalue weighted by Crippen LogP contribution is -2.31. The maximum atomic E-state index is 9.16. The van der Waals surface area contributed by atoms with Crippen molar-refractivity contribution in [1.29, 1.82) is 5.26 Å². The number of hydrogen-bond acceptors (Lipinski definition) is 2. The Morgan fingerprint density at radius 1 is 1.33 bits per heavy atom. The summed E-state index contributed by atoms with van der Waals surface area (Å²) < 4.78 is 0. The second-order valence-corrected chi connectivity index (χ2v) is 4.41. The van der Waals surface area contributed by atoms with Gasteiger partial charge in [0.2, 0.25) is 0 Å². The minimum atomic E-state index is -0.402. The first-order valence-electron chi connectivity index (χ1n) is 5.17. The molecule has 80 valence electrons. The third-order valence-electron chi connectivity index (χ3n) is 2.80. The lowest BCUT2D eigenvalue weighted by atomic mass is 9.80. The number of aryl methyl sites for hydroxylation is 1. The molecule has 0 fully saturated rings. The van der Waals surface area contributed by atoms with Gasteiger partial charge >= 0.3 is 0 Å². The fourth-order valence-corrected chi connectivity index (χ4v) is 1.88. The minimum Gasteiger partial charge on any atom is -0.312 e. The highest BCUT2D eigenvalue weighted by Crippen LogP contribution is 2.33. The molecule has 1 unspecified atom stereocenters. The van der Waals surface area contributed by atoms with Crippen LogP contribution in [0.3, 0.4) is 0 Å². The van der Waals surface area contributed by atoms with Gasteiger partial charge in [-0.05, 0) is 38.9 Å². The lowest BCUT2D eigenvalue weighted by Gasteiger charge is -2.29. The maximum Gasteiger partial charge on any atom is 0.0712 e. The van der Waals surface area contributed by atoms with Gasteiger partial charge in [-0.1, -0.05) is 24.3 Å². The summed E-state index contributed by atoms with van der Waals surface area (Å²) >= 11 is 0. The van der Waals surface area contributed by atoms with E-state index in [1.165, 1.54) is 11.1 Å². The molecule has 1 rings (SSSR count). The smallest absolute Gasteiger partial charge is 0.0712 e. The number of nitrogens with zero attached hydrogens (tertiary/aromatic N) is 1. The van der Waals surface area contributed by atoms with Gasteiger partial charge in [-0.3, -0.25) is 0 Å². The third kappa shape index (κ3) is 2.37. The van der Waals surface area contributed by atoms with E-state index >= 15 is 0 Å². The Balaban J connectivity index is 3.15. The molecule has 1 N–H and O–H groups in total. The summed E-state index contributed by atoms with van der Waals surface area (Å²) in [4.78, 5) is 0. The first kappa shape index (κ1) is 11.7. The summed E-state index contributed by atoms with van der Waals surface area (Å²) in [5.74, 6) is 0. The van der Waals surface area contributed by atoms with Crippen LogP contribution < -0.4 is 5.32 Å². The Morgan fingerprint density at radius 2 is 1.93 bits per heavy atom. The van der Waals surface area contributed by atoms with Crippen molar-refractivity contribution in [2.24, 2.45) is 5.41 Å². The van der Waals surface area contributed by atoms with Crippen molar-refractivity contribution < 1.29 is 0 Å². The molecular weight excluding hydrogens is 184 g/mol. The van der Waals surface area contributed by atoms with Gasteiger partial charge in [0.15, 0.2) is 0 Å². The van der Waals surface area contributed by atoms with Crippen LogP contribution in [0.4, 0.5) is 0 Å². The van der Waals surface area contributed by atoms with Crippen LogP contribution in [0.15, 0.2) is 24.3 Å². The van der Waals surface area contributed by atoms with Crippen molar-refractivity contribution in [1.82, 2.24) is 5.32 Å². The zero-order chi connectivity index (χ0) is 11.5. The monoisotopic (exact) mass is 202 g/mol. The molecule has 0 aromatic heterocycles. The van der Waals surface area contributed by atoms with E-state index in [-0.39, 0.29) is 6.04 Å². The van der Waals surface area contributed by atoms with E-state index in [0.29, 0.717) is 0 Å². The molecule has 0 saturated heterocycles. The molecule has 0 radical (unpaired) electrons. The fourth-order valence-electron chi connectivity index (χ4n) is 1.88. The Hall–Kier alpha value is -1.33. The van der Waals surface area contributed by atoms with E-state index in [1.807, 2.05) is 33.0 Å². The van der Waals surface area contributed by atoms with E-state index in [1.54, 1.807) is 0 Å². The predicted molar refractivity (Wildman–Crippen MR) is 62.4 cm³/mol. The molecule has 15 heavy (non-hydrogen) atoms. The molecule has 0 aliphatic heterocycles. The molecule has 2 nitrogen and oxygen atoms in total. The molecule has 2 heteroatoms. The lowest BCUT2D eigenvalue weighted by molar-refractivity contribution is 0.343. The van der Waals surface area contributed by atoms with Gasteiger partial charge < -0.3 is 5.32 Å². The second-order valence-electron chi connectivity index (χ2n) is 4.41. The van der Waals surface area contributed by atoms with Crippen LogP contribution in [-0.4, -0.2) is 7.05 Å². The zero-order valence-corrected chi connectivity index (χ0v) is 9.83. The average molecular weight is 202 g/mol. The number of rotatable bonds is 3. The Kier molecular flexibility index (Phi) is 3.49. The summed E-state index contributed by atoms with van der Waals surface area (Å²) in [5, 5.41) is 12.4. The molecule has 0 heterocycles. The molecular formula is C13H18N2. The van der Waals surface area contributed by atoms with Crippen molar-refractivity contribution >= 4 is 0 Å². The largest absolute Gasteiger partial charge is 0.312 e. The first-order chi connectivity index (χ1) is 7.03. The summed E-state index contributed by atoms with van der Waals surface area (Å²) in [5.41, 5.74) is 2.02. The fraction of sp³-hybridized carbons (Fsp3) is 0.462. The Morgan fingerprint density at radius 3 is 2.40 bits per heavy atom. The van der Waals surface area contributed by atoms with Gasteiger partial charge in [0.25, 0.3) is 0 Å². The highest BCUT2D eigenvalue weighted by Gasteiger charge is 2.30. The third-order valence-corrected chi connectivity index (χ3v) is 2.80. The van der Waals surface area contributed by atoms with E-state index in [9.17, 15) is 0 Å². The molecule has 0 aliphatic rings. The molecule has 0 bridgehead atoms. The van der Waals surface area contributed by atoms with Crippen LogP contribution in [0.1, 0.15) is 31.0 Å². The first-order valence-corrected chi connectivity index (χ1v) is 5.17. The van der Waals surface area contributed by atoms with Gasteiger partial charge in [0, 0.05) is 0 Å². The molecule has 0 amide bonds. The van der Waals surface area contributed by atoms with Crippen molar-refractivity contribution in [3.05, 3.63) is 35.4 Å². The highest BCUT2D eigenvalue weighted by atomic mass is 14.9. The Labute approximate surface area is 91.9 Å². The summed E-state index contributed by atoms with van der Waals surface area (Å²) in [6.45, 7) is 5.99. The molecule has 1 aromatic carbocycles. The molecule has 1 aromatic rings. The van der Waals surface area contributed by atoms with Crippen molar-refractivity contribution in [2.75, 3.05) is 7.05 Å². The van der Waals surface area contributed by atoms with Crippen LogP contribution in [-0.2, 0) is 0 Å². The van der Waals surface area contributed by atoms with Gasteiger partial charge in [-0.2, -0.15) is 5.26 Å². The van der Waals surface area contributed by atoms with Gasteiger partial charge in [-0.15, -0.1) is 0 Å². The van der Waals surface area contributed by atoms with Crippen LogP contribution in [0.25, 0.3) is 0 Å². The van der Waals surface area contributed by atoms with E-state index in [0.717, 1.165) is 0 Å². The predicted octanol–water partition coefficient (Wildman–Crippen LogP) is 2.81. The van der Waals surface area contributed by atoms with Gasteiger partial charge in [0.05, 0.1) is 17.5 Å². The number of nitriles is 1. The van der Waals surface area contributed by atoms with Crippen LogP contribution >= 0.6 is 0 Å². The SMILES string of the molecule is CNC(c1ccccc1C)C(C)(C)C#N. The topological polar surface area (TPSA) is 35.8 Å². The van der Waals surface area contributed by atoms with E-state index in [2.05, 4.69) is 30.4 Å². The number of benzene rings is 1. The minimum absolute atomic E-state index is 0.0729. The van der Waals surface area contributed by atoms with Crippen molar-refractivity contribution in [3.8, 4) is 6.07 Å². The summed E-state index contributed by atoms with van der Waals surface area (Å²) in [7, 11) is 1.90. The van der Waals surface area contributed by atoms with Crippen LogP contribution in [0, 0.1) is 23.7 Å². The Bertz CT molecular complexity index is 374. The van der Waals surface area contributed by atoms with Gasteiger partial charge in [-0.25, -0.2) is 0 Å². The maximum absolute atomic E-state index is 9.16. The summed E-state index contributed by atoms with van der Waals surface area (Å²) in [6.07, 6.45) is 0. The van der Waals surface area contributed by atoms with Crippen LogP contribution in [0.2, 0.25) is 0 Å². The van der Waals surface area contributed by atoms with E-state index in [4.69, 9.17) is 5.26 Å². The zero-order valence-electron chi connectivity index (χ0n) is 9.83. The quantitative estimate of drug-likeness (QED) is 0.818. The van der Waals surface area contributed by atoms with Crippen molar-refractivity contribution in [3.63, 3.8) is 0 Å². The van der Waals surface area contributed by atoms with Crippen molar-refractivity contribution in [2.45, 2.75) is 26.8 Å². The van der Waals surface area contributed by atoms with Gasteiger partial charge in [0.1, 0.15) is 0 Å². The number of hydrogen-bond donors (Lipinski definition) is 1.